The molecule has 1 saturated heterocycles. The second-order valence-corrected chi connectivity index (χ2v) is 6.38. The number of rotatable bonds is 4. The minimum absolute atomic E-state index is 0.00286. The summed E-state index contributed by atoms with van der Waals surface area (Å²) in [5, 5.41) is 9.51. The Morgan fingerprint density at radius 3 is 2.92 bits per heavy atom. The van der Waals surface area contributed by atoms with Crippen LogP contribution in [0.1, 0.15) is 28.4 Å². The Kier molecular flexibility index (Phi) is 4.76. The van der Waals surface area contributed by atoms with Crippen molar-refractivity contribution in [3.63, 3.8) is 0 Å². The molecule has 6 nitrogen and oxygen atoms in total. The lowest BCUT2D eigenvalue weighted by molar-refractivity contribution is 0.0760. The SMILES string of the molecule is CN(C[C@@H]1CCN(C)[C@H]1c1cccnc1)C(=O)c1cncc(O)c1. The van der Waals surface area contributed by atoms with Crippen molar-refractivity contribution in [1.29, 1.82) is 0 Å². The summed E-state index contributed by atoms with van der Waals surface area (Å²) in [5.41, 5.74) is 1.59. The van der Waals surface area contributed by atoms with Crippen molar-refractivity contribution in [2.24, 2.45) is 5.92 Å². The average molecular weight is 326 g/mol. The first kappa shape index (κ1) is 16.4. The van der Waals surface area contributed by atoms with Gasteiger partial charge in [-0.2, -0.15) is 0 Å². The van der Waals surface area contributed by atoms with Crippen LogP contribution < -0.4 is 0 Å². The van der Waals surface area contributed by atoms with E-state index in [0.717, 1.165) is 13.0 Å². The Balaban J connectivity index is 1.73. The van der Waals surface area contributed by atoms with Gasteiger partial charge in [-0.1, -0.05) is 6.07 Å². The third-order valence-electron chi connectivity index (χ3n) is 4.63. The van der Waals surface area contributed by atoms with Crippen molar-refractivity contribution < 1.29 is 9.90 Å². The van der Waals surface area contributed by atoms with E-state index in [-0.39, 0.29) is 17.7 Å². The van der Waals surface area contributed by atoms with Crippen LogP contribution in [0.5, 0.6) is 5.75 Å². The Morgan fingerprint density at radius 2 is 2.21 bits per heavy atom. The first-order chi connectivity index (χ1) is 11.6. The summed E-state index contributed by atoms with van der Waals surface area (Å²) in [5.74, 6) is 0.222. The van der Waals surface area contributed by atoms with E-state index in [1.54, 1.807) is 18.1 Å². The molecule has 0 bridgehead atoms. The van der Waals surface area contributed by atoms with Gasteiger partial charge in [-0.05, 0) is 43.6 Å². The molecule has 0 radical (unpaired) electrons. The van der Waals surface area contributed by atoms with Crippen molar-refractivity contribution >= 4 is 5.91 Å². The number of carbonyl (C=O) groups excluding carboxylic acids is 1. The summed E-state index contributed by atoms with van der Waals surface area (Å²) in [6, 6.07) is 5.75. The maximum atomic E-state index is 12.6. The van der Waals surface area contributed by atoms with Gasteiger partial charge in [0.1, 0.15) is 5.75 Å². The lowest BCUT2D eigenvalue weighted by Crippen LogP contribution is -2.34. The molecule has 24 heavy (non-hydrogen) atoms. The van der Waals surface area contributed by atoms with E-state index in [0.29, 0.717) is 18.0 Å². The molecule has 2 aromatic heterocycles. The second kappa shape index (κ2) is 6.97. The topological polar surface area (TPSA) is 69.6 Å². The fourth-order valence-corrected chi connectivity index (χ4v) is 3.49. The fraction of sp³-hybridized carbons (Fsp3) is 0.389. The van der Waals surface area contributed by atoms with Crippen LogP contribution in [0, 0.1) is 5.92 Å². The van der Waals surface area contributed by atoms with Gasteiger partial charge in [0.25, 0.3) is 5.91 Å². The van der Waals surface area contributed by atoms with Crippen molar-refractivity contribution in [2.45, 2.75) is 12.5 Å². The first-order valence-electron chi connectivity index (χ1n) is 8.06. The summed E-state index contributed by atoms with van der Waals surface area (Å²) in [7, 11) is 3.91. The molecule has 0 unspecified atom stereocenters. The highest BCUT2D eigenvalue weighted by atomic mass is 16.3. The number of nitrogens with zero attached hydrogens (tertiary/aromatic N) is 4. The molecular weight excluding hydrogens is 304 g/mol. The lowest BCUT2D eigenvalue weighted by atomic mass is 9.94. The second-order valence-electron chi connectivity index (χ2n) is 6.38. The number of hydrogen-bond donors (Lipinski definition) is 1. The maximum Gasteiger partial charge on any atom is 0.255 e. The highest BCUT2D eigenvalue weighted by Gasteiger charge is 2.34. The van der Waals surface area contributed by atoms with Gasteiger partial charge in [0, 0.05) is 38.2 Å². The van der Waals surface area contributed by atoms with Crippen LogP contribution in [0.3, 0.4) is 0 Å². The minimum Gasteiger partial charge on any atom is -0.506 e. The molecule has 0 aliphatic carbocycles. The monoisotopic (exact) mass is 326 g/mol. The van der Waals surface area contributed by atoms with Crippen molar-refractivity contribution in [1.82, 2.24) is 19.8 Å². The van der Waals surface area contributed by atoms with Crippen LogP contribution in [0.2, 0.25) is 0 Å². The Hall–Kier alpha value is -2.47. The van der Waals surface area contributed by atoms with Gasteiger partial charge >= 0.3 is 0 Å². The van der Waals surface area contributed by atoms with E-state index in [9.17, 15) is 9.90 Å². The number of likely N-dealkylation sites (tertiary alicyclic amines) is 1. The number of hydrogen-bond acceptors (Lipinski definition) is 5. The third-order valence-corrected chi connectivity index (χ3v) is 4.63. The number of pyridine rings is 2. The fourth-order valence-electron chi connectivity index (χ4n) is 3.49. The first-order valence-corrected chi connectivity index (χ1v) is 8.06. The van der Waals surface area contributed by atoms with Crippen LogP contribution >= 0.6 is 0 Å². The maximum absolute atomic E-state index is 12.6. The van der Waals surface area contributed by atoms with Crippen LogP contribution in [-0.2, 0) is 0 Å². The van der Waals surface area contributed by atoms with Gasteiger partial charge in [0.15, 0.2) is 0 Å². The molecule has 0 aromatic carbocycles. The Bertz CT molecular complexity index is 707. The molecule has 1 aliphatic rings. The third kappa shape index (κ3) is 3.38. The zero-order chi connectivity index (χ0) is 17.1. The number of amides is 1. The standard InChI is InChI=1S/C18H22N4O2/c1-21-7-5-14(17(21)13-4-3-6-19-9-13)12-22(2)18(24)15-8-16(23)11-20-10-15/h3-4,6,8-11,14,17,23H,5,7,12H2,1-2H3/t14-,17-/m0/s1. The van der Waals surface area contributed by atoms with E-state index in [1.807, 2.05) is 12.3 Å². The quantitative estimate of drug-likeness (QED) is 0.930. The lowest BCUT2D eigenvalue weighted by Gasteiger charge is -2.28. The number of aromatic nitrogens is 2. The molecule has 1 N–H and O–H groups in total. The van der Waals surface area contributed by atoms with Crippen LogP contribution in [-0.4, -0.2) is 58.0 Å². The van der Waals surface area contributed by atoms with Crippen molar-refractivity contribution in [3.05, 3.63) is 54.1 Å². The largest absolute Gasteiger partial charge is 0.506 e. The molecule has 2 aromatic rings. The van der Waals surface area contributed by atoms with Gasteiger partial charge in [-0.3, -0.25) is 19.7 Å². The highest BCUT2D eigenvalue weighted by molar-refractivity contribution is 5.94. The molecule has 126 valence electrons. The van der Waals surface area contributed by atoms with Gasteiger partial charge in [-0.25, -0.2) is 0 Å². The van der Waals surface area contributed by atoms with E-state index in [2.05, 4.69) is 28.0 Å². The molecule has 3 heterocycles. The Labute approximate surface area is 141 Å². The summed E-state index contributed by atoms with van der Waals surface area (Å²) in [6.45, 7) is 1.65. The molecule has 1 fully saturated rings. The van der Waals surface area contributed by atoms with E-state index in [4.69, 9.17) is 0 Å². The van der Waals surface area contributed by atoms with Gasteiger partial charge in [0.05, 0.1) is 11.8 Å². The molecular formula is C18H22N4O2. The van der Waals surface area contributed by atoms with Gasteiger partial charge in [-0.15, -0.1) is 0 Å². The summed E-state index contributed by atoms with van der Waals surface area (Å²) in [4.78, 5) is 24.7. The van der Waals surface area contributed by atoms with Gasteiger partial charge < -0.3 is 10.0 Å². The molecule has 0 spiro atoms. The Morgan fingerprint density at radius 1 is 1.38 bits per heavy atom. The zero-order valence-electron chi connectivity index (χ0n) is 14.0. The van der Waals surface area contributed by atoms with E-state index < -0.39 is 0 Å². The molecule has 6 heteroatoms. The minimum atomic E-state index is -0.127. The average Bonchev–Trinajstić information content (AvgIpc) is 2.95. The molecule has 2 atom stereocenters. The molecule has 1 amide bonds. The molecule has 3 rings (SSSR count). The van der Waals surface area contributed by atoms with Crippen LogP contribution in [0.4, 0.5) is 0 Å². The normalized spacial score (nSPS) is 20.9. The number of carbonyl (C=O) groups is 1. The summed E-state index contributed by atoms with van der Waals surface area (Å²) < 4.78 is 0. The zero-order valence-corrected chi connectivity index (χ0v) is 14.0. The van der Waals surface area contributed by atoms with Crippen LogP contribution in [0.25, 0.3) is 0 Å². The van der Waals surface area contributed by atoms with Crippen LogP contribution in [0.15, 0.2) is 43.0 Å². The van der Waals surface area contributed by atoms with Crippen molar-refractivity contribution in [2.75, 3.05) is 27.2 Å². The summed E-state index contributed by atoms with van der Waals surface area (Å²) in [6.07, 6.45) is 7.52. The predicted octanol–water partition coefficient (Wildman–Crippen LogP) is 1.95. The highest BCUT2D eigenvalue weighted by Crippen LogP contribution is 2.36. The predicted molar refractivity (Wildman–Crippen MR) is 90.6 cm³/mol. The summed E-state index contributed by atoms with van der Waals surface area (Å²) >= 11 is 0. The van der Waals surface area contributed by atoms with Gasteiger partial charge in [0.2, 0.25) is 0 Å². The molecule has 0 saturated carbocycles. The van der Waals surface area contributed by atoms with E-state index in [1.165, 1.54) is 24.0 Å². The van der Waals surface area contributed by atoms with Crippen molar-refractivity contribution in [3.8, 4) is 5.75 Å². The smallest absolute Gasteiger partial charge is 0.255 e. The molecule has 1 aliphatic heterocycles. The number of aromatic hydroxyl groups is 1. The van der Waals surface area contributed by atoms with E-state index >= 15 is 0 Å².